The topological polar surface area (TPSA) is 80.1 Å². The molecular formula is C26H28ClN5O2S. The van der Waals surface area contributed by atoms with Crippen molar-refractivity contribution in [3.63, 3.8) is 0 Å². The second-order valence-corrected chi connectivity index (χ2v) is 9.88. The number of aryl methyl sites for hydroxylation is 2. The first kappa shape index (κ1) is 25.0. The van der Waals surface area contributed by atoms with Crippen LogP contribution >= 0.6 is 23.4 Å². The number of allylic oxidation sites excluding steroid dienone is 1. The van der Waals surface area contributed by atoms with E-state index in [-0.39, 0.29) is 23.6 Å². The number of amides is 2. The van der Waals surface area contributed by atoms with E-state index in [1.54, 1.807) is 24.3 Å². The highest BCUT2D eigenvalue weighted by atomic mass is 35.5. The molecule has 4 rings (SSSR count). The zero-order chi connectivity index (χ0) is 24.9. The lowest BCUT2D eigenvalue weighted by atomic mass is 10.1. The summed E-state index contributed by atoms with van der Waals surface area (Å²) in [5.41, 5.74) is 3.45. The molecule has 1 aliphatic rings. The molecule has 1 aliphatic heterocycles. The number of nitrogens with one attached hydrogen (secondary N) is 1. The highest BCUT2D eigenvalue weighted by Gasteiger charge is 2.35. The molecule has 3 aromatic rings. The number of likely N-dealkylation sites (tertiary alicyclic amines) is 1. The van der Waals surface area contributed by atoms with Crippen molar-refractivity contribution in [3.05, 3.63) is 82.7 Å². The number of carbonyl (C=O) groups is 2. The molecule has 2 amide bonds. The molecule has 35 heavy (non-hydrogen) atoms. The quantitative estimate of drug-likeness (QED) is 0.323. The van der Waals surface area contributed by atoms with Gasteiger partial charge in [0.1, 0.15) is 0 Å². The molecule has 1 atom stereocenters. The Hall–Kier alpha value is -3.10. The minimum Gasteiger partial charge on any atom is -0.328 e. The van der Waals surface area contributed by atoms with E-state index in [0.29, 0.717) is 34.7 Å². The summed E-state index contributed by atoms with van der Waals surface area (Å²) in [4.78, 5) is 27.7. The Balaban J connectivity index is 1.50. The Morgan fingerprint density at radius 3 is 2.77 bits per heavy atom. The molecule has 0 radical (unpaired) electrons. The maximum Gasteiger partial charge on any atom is 0.255 e. The molecule has 1 unspecified atom stereocenters. The van der Waals surface area contributed by atoms with E-state index < -0.39 is 0 Å². The minimum atomic E-state index is -0.218. The molecule has 0 bridgehead atoms. The standard InChI is InChI=1S/C26H28ClN5O2S/c1-4-13-32-24(22-10-7-14-31(22)25(34)19-8-5-6-9-20(19)27)29-30-26(32)35-16-23(33)28-21-12-11-17(2)15-18(21)3/h4-6,8-9,11-12,15,22H,1,7,10,13-14,16H2,2-3H3,(H,28,33). The molecule has 1 saturated heterocycles. The first-order chi connectivity index (χ1) is 16.9. The van der Waals surface area contributed by atoms with Gasteiger partial charge < -0.3 is 14.8 Å². The van der Waals surface area contributed by atoms with Crippen molar-refractivity contribution in [3.8, 4) is 0 Å². The molecule has 9 heteroatoms. The zero-order valence-electron chi connectivity index (χ0n) is 19.8. The SMILES string of the molecule is C=CCn1c(SCC(=O)Nc2ccc(C)cc2C)nnc1C1CCCN1C(=O)c1ccccc1Cl. The molecule has 2 aromatic carbocycles. The van der Waals surface area contributed by atoms with E-state index in [1.807, 2.05) is 47.6 Å². The molecule has 2 heterocycles. The van der Waals surface area contributed by atoms with Crippen LogP contribution < -0.4 is 5.32 Å². The third-order valence-corrected chi connectivity index (χ3v) is 7.26. The average molecular weight is 510 g/mol. The smallest absolute Gasteiger partial charge is 0.255 e. The summed E-state index contributed by atoms with van der Waals surface area (Å²) >= 11 is 7.60. The normalized spacial score (nSPS) is 15.3. The Morgan fingerprint density at radius 1 is 1.23 bits per heavy atom. The number of aromatic nitrogens is 3. The number of nitrogens with zero attached hydrogens (tertiary/aromatic N) is 4. The van der Waals surface area contributed by atoms with Crippen molar-refractivity contribution in [1.29, 1.82) is 0 Å². The summed E-state index contributed by atoms with van der Waals surface area (Å²) in [5, 5.41) is 12.8. The lowest BCUT2D eigenvalue weighted by Crippen LogP contribution is -2.32. The van der Waals surface area contributed by atoms with Crippen molar-refractivity contribution in [1.82, 2.24) is 19.7 Å². The lowest BCUT2D eigenvalue weighted by Gasteiger charge is -2.25. The summed E-state index contributed by atoms with van der Waals surface area (Å²) in [6.45, 7) is 8.96. The first-order valence-corrected chi connectivity index (χ1v) is 12.8. The maximum absolute atomic E-state index is 13.3. The molecule has 7 nitrogen and oxygen atoms in total. The van der Waals surface area contributed by atoms with Crippen LogP contribution in [0, 0.1) is 13.8 Å². The van der Waals surface area contributed by atoms with Gasteiger partial charge >= 0.3 is 0 Å². The Bertz CT molecular complexity index is 1260. The predicted octanol–water partition coefficient (Wildman–Crippen LogP) is 5.44. The van der Waals surface area contributed by atoms with Gasteiger partial charge in [0.05, 0.1) is 22.4 Å². The van der Waals surface area contributed by atoms with Crippen molar-refractivity contribution in [2.75, 3.05) is 17.6 Å². The molecule has 182 valence electrons. The number of rotatable bonds is 8. The highest BCUT2D eigenvalue weighted by Crippen LogP contribution is 2.35. The molecule has 1 aromatic heterocycles. The van der Waals surface area contributed by atoms with Crippen molar-refractivity contribution >= 4 is 40.9 Å². The van der Waals surface area contributed by atoms with Crippen molar-refractivity contribution in [2.45, 2.75) is 44.4 Å². The Kier molecular flexibility index (Phi) is 7.93. The number of carbonyl (C=O) groups excluding carboxylic acids is 2. The maximum atomic E-state index is 13.3. The van der Waals surface area contributed by atoms with Crippen molar-refractivity contribution < 1.29 is 9.59 Å². The molecule has 0 saturated carbocycles. The molecule has 0 aliphatic carbocycles. The third-order valence-electron chi connectivity index (χ3n) is 5.96. The number of anilines is 1. The summed E-state index contributed by atoms with van der Waals surface area (Å²) in [7, 11) is 0. The number of halogens is 1. The third kappa shape index (κ3) is 5.60. The lowest BCUT2D eigenvalue weighted by molar-refractivity contribution is -0.113. The van der Waals surface area contributed by atoms with E-state index in [2.05, 4.69) is 22.1 Å². The first-order valence-electron chi connectivity index (χ1n) is 11.5. The second-order valence-electron chi connectivity index (χ2n) is 8.53. The van der Waals surface area contributed by atoms with Gasteiger partial charge in [0, 0.05) is 18.8 Å². The van der Waals surface area contributed by atoms with Gasteiger partial charge in [0.25, 0.3) is 5.91 Å². The van der Waals surface area contributed by atoms with Gasteiger partial charge in [0.2, 0.25) is 5.91 Å². The summed E-state index contributed by atoms with van der Waals surface area (Å²) < 4.78 is 1.94. The number of hydrogen-bond acceptors (Lipinski definition) is 5. The average Bonchev–Trinajstić information content (AvgIpc) is 3.47. The minimum absolute atomic E-state index is 0.117. The van der Waals surface area contributed by atoms with Crippen LogP contribution in [0.3, 0.4) is 0 Å². The largest absolute Gasteiger partial charge is 0.328 e. The van der Waals surface area contributed by atoms with Gasteiger partial charge in [-0.1, -0.05) is 59.3 Å². The number of thioether (sulfide) groups is 1. The van der Waals surface area contributed by atoms with Gasteiger partial charge in [-0.3, -0.25) is 9.59 Å². The van der Waals surface area contributed by atoms with E-state index >= 15 is 0 Å². The van der Waals surface area contributed by atoms with Gasteiger partial charge in [-0.2, -0.15) is 0 Å². The summed E-state index contributed by atoms with van der Waals surface area (Å²) in [5.74, 6) is 0.650. The number of benzene rings is 2. The predicted molar refractivity (Wildman–Crippen MR) is 140 cm³/mol. The van der Waals surface area contributed by atoms with Gasteiger partial charge in [-0.25, -0.2) is 0 Å². The Morgan fingerprint density at radius 2 is 2.03 bits per heavy atom. The van der Waals surface area contributed by atoms with Gasteiger partial charge in [-0.15, -0.1) is 16.8 Å². The Labute approximate surface area is 214 Å². The van der Waals surface area contributed by atoms with Crippen LogP contribution in [0.15, 0.2) is 60.3 Å². The van der Waals surface area contributed by atoms with Crippen LogP contribution in [0.5, 0.6) is 0 Å². The van der Waals surface area contributed by atoms with Crippen LogP contribution in [-0.4, -0.2) is 43.8 Å². The van der Waals surface area contributed by atoms with Crippen LogP contribution in [-0.2, 0) is 11.3 Å². The van der Waals surface area contributed by atoms with Crippen LogP contribution in [0.4, 0.5) is 5.69 Å². The van der Waals surface area contributed by atoms with Gasteiger partial charge in [0.15, 0.2) is 11.0 Å². The zero-order valence-corrected chi connectivity index (χ0v) is 21.4. The van der Waals surface area contributed by atoms with Crippen LogP contribution in [0.2, 0.25) is 5.02 Å². The monoisotopic (exact) mass is 509 g/mol. The fraction of sp³-hybridized carbons (Fsp3) is 0.308. The fourth-order valence-electron chi connectivity index (χ4n) is 4.29. The summed E-state index contributed by atoms with van der Waals surface area (Å²) in [6.07, 6.45) is 3.41. The molecule has 1 fully saturated rings. The fourth-order valence-corrected chi connectivity index (χ4v) is 5.26. The molecular weight excluding hydrogens is 482 g/mol. The second kappa shape index (κ2) is 11.1. The molecule has 1 N–H and O–H groups in total. The van der Waals surface area contributed by atoms with Crippen LogP contribution in [0.25, 0.3) is 0 Å². The van der Waals surface area contributed by atoms with E-state index in [9.17, 15) is 9.59 Å². The highest BCUT2D eigenvalue weighted by molar-refractivity contribution is 7.99. The molecule has 0 spiro atoms. The van der Waals surface area contributed by atoms with E-state index in [0.717, 1.165) is 29.7 Å². The van der Waals surface area contributed by atoms with Gasteiger partial charge in [-0.05, 0) is 50.5 Å². The van der Waals surface area contributed by atoms with E-state index in [1.165, 1.54) is 11.8 Å². The van der Waals surface area contributed by atoms with Crippen LogP contribution in [0.1, 0.15) is 46.2 Å². The number of hydrogen-bond donors (Lipinski definition) is 1. The van der Waals surface area contributed by atoms with E-state index in [4.69, 9.17) is 11.6 Å². The summed E-state index contributed by atoms with van der Waals surface area (Å²) in [6, 6.07) is 12.8. The van der Waals surface area contributed by atoms with Crippen molar-refractivity contribution in [2.24, 2.45) is 0 Å².